The monoisotopic (exact) mass is 272 g/mol. The third kappa shape index (κ3) is 6.58. The van der Waals surface area contributed by atoms with Crippen LogP contribution in [0.3, 0.4) is 0 Å². The number of hydrogen-bond acceptors (Lipinski definition) is 5. The first-order valence-electron chi connectivity index (χ1n) is 5.78. The molecule has 0 aliphatic carbocycles. The molecule has 1 unspecified atom stereocenters. The number of aliphatic hydroxyl groups is 1. The average Bonchev–Trinajstić information content (AvgIpc) is 2.37. The van der Waals surface area contributed by atoms with Crippen LogP contribution in [0.1, 0.15) is 0 Å². The summed E-state index contributed by atoms with van der Waals surface area (Å²) < 4.78 is 22.8. The van der Waals surface area contributed by atoms with E-state index in [0.29, 0.717) is 6.54 Å². The number of aliphatic hydroxyl groups excluding tert-OH is 1. The third-order valence-corrected chi connectivity index (χ3v) is 2.17. The molecule has 1 aromatic carbocycles. The number of carbonyl (C=O) groups excluding carboxylic acids is 1. The van der Waals surface area contributed by atoms with Gasteiger partial charge < -0.3 is 25.6 Å². The van der Waals surface area contributed by atoms with Crippen molar-refractivity contribution >= 4 is 6.09 Å². The fourth-order valence-corrected chi connectivity index (χ4v) is 1.30. The molecule has 0 spiro atoms. The van der Waals surface area contributed by atoms with Crippen molar-refractivity contribution in [3.05, 3.63) is 30.1 Å². The summed E-state index contributed by atoms with van der Waals surface area (Å²) in [5.41, 5.74) is 4.77. The van der Waals surface area contributed by atoms with Crippen LogP contribution in [0, 0.1) is 5.82 Å². The maximum atomic E-state index is 13.2. The van der Waals surface area contributed by atoms with E-state index in [1.165, 1.54) is 12.1 Å². The second-order valence-electron chi connectivity index (χ2n) is 3.77. The summed E-state index contributed by atoms with van der Waals surface area (Å²) in [5.74, 6) is -0.379. The van der Waals surface area contributed by atoms with Gasteiger partial charge in [-0.2, -0.15) is 0 Å². The number of ether oxygens (including phenoxy) is 2. The molecule has 1 amide bonds. The molecule has 1 rings (SSSR count). The molecule has 0 aliphatic rings. The maximum Gasteiger partial charge on any atom is 0.404 e. The first-order chi connectivity index (χ1) is 9.09. The summed E-state index contributed by atoms with van der Waals surface area (Å²) >= 11 is 0. The van der Waals surface area contributed by atoms with Crippen LogP contribution in [0.4, 0.5) is 9.18 Å². The Kier molecular flexibility index (Phi) is 6.62. The first kappa shape index (κ1) is 15.2. The number of nitrogens with two attached hydrogens (primary N) is 1. The van der Waals surface area contributed by atoms with Crippen molar-refractivity contribution in [1.82, 2.24) is 5.32 Å². The lowest BCUT2D eigenvalue weighted by atomic mass is 10.3. The van der Waals surface area contributed by atoms with Gasteiger partial charge in [-0.25, -0.2) is 9.18 Å². The number of para-hydroxylation sites is 1. The van der Waals surface area contributed by atoms with Crippen molar-refractivity contribution in [2.45, 2.75) is 6.10 Å². The number of carbonyl (C=O) groups is 1. The van der Waals surface area contributed by atoms with Gasteiger partial charge in [-0.05, 0) is 12.1 Å². The number of benzene rings is 1. The van der Waals surface area contributed by atoms with Gasteiger partial charge in [-0.1, -0.05) is 12.1 Å². The van der Waals surface area contributed by atoms with E-state index in [-0.39, 0.29) is 25.5 Å². The van der Waals surface area contributed by atoms with Gasteiger partial charge in [-0.15, -0.1) is 0 Å². The summed E-state index contributed by atoms with van der Waals surface area (Å²) in [6, 6.07) is 5.96. The average molecular weight is 272 g/mol. The van der Waals surface area contributed by atoms with E-state index in [1.54, 1.807) is 12.1 Å². The Balaban J connectivity index is 2.13. The van der Waals surface area contributed by atoms with Gasteiger partial charge in [0.25, 0.3) is 0 Å². The smallest absolute Gasteiger partial charge is 0.404 e. The largest absolute Gasteiger partial charge is 0.488 e. The molecule has 4 N–H and O–H groups in total. The molecule has 7 heteroatoms. The molecular weight excluding hydrogens is 255 g/mol. The van der Waals surface area contributed by atoms with Crippen molar-refractivity contribution in [3.63, 3.8) is 0 Å². The van der Waals surface area contributed by atoms with Crippen LogP contribution in [0.25, 0.3) is 0 Å². The molecule has 0 bridgehead atoms. The minimum absolute atomic E-state index is 0.0371. The number of primary amides is 1. The van der Waals surface area contributed by atoms with E-state index in [9.17, 15) is 14.3 Å². The Morgan fingerprint density at radius 1 is 1.47 bits per heavy atom. The minimum atomic E-state index is -0.842. The highest BCUT2D eigenvalue weighted by molar-refractivity contribution is 5.64. The third-order valence-electron chi connectivity index (χ3n) is 2.17. The zero-order valence-corrected chi connectivity index (χ0v) is 10.3. The van der Waals surface area contributed by atoms with Crippen LogP contribution in [-0.4, -0.2) is 43.6 Å². The lowest BCUT2D eigenvalue weighted by Gasteiger charge is -2.13. The maximum absolute atomic E-state index is 13.2. The lowest BCUT2D eigenvalue weighted by molar-refractivity contribution is 0.102. The summed E-state index contributed by atoms with van der Waals surface area (Å²) in [4.78, 5) is 10.3. The summed E-state index contributed by atoms with van der Waals surface area (Å²) in [6.07, 6.45) is -1.64. The molecule has 0 radical (unpaired) electrons. The van der Waals surface area contributed by atoms with Gasteiger partial charge in [0.15, 0.2) is 11.6 Å². The van der Waals surface area contributed by atoms with Gasteiger partial charge >= 0.3 is 6.09 Å². The van der Waals surface area contributed by atoms with Crippen molar-refractivity contribution in [2.24, 2.45) is 5.73 Å². The second kappa shape index (κ2) is 8.28. The Morgan fingerprint density at radius 2 is 2.21 bits per heavy atom. The van der Waals surface area contributed by atoms with Crippen LogP contribution in [0.15, 0.2) is 24.3 Å². The Bertz CT molecular complexity index is 403. The summed E-state index contributed by atoms with van der Waals surface area (Å²) in [6.45, 7) is 0.678. The summed E-state index contributed by atoms with van der Waals surface area (Å²) in [5, 5.41) is 12.4. The molecule has 0 fully saturated rings. The highest BCUT2D eigenvalue weighted by Crippen LogP contribution is 2.15. The standard InChI is InChI=1S/C12H17FN2O4/c13-10-3-1-2-4-11(10)19-8-9(16)7-15-5-6-18-12(14)17/h1-4,9,15-16H,5-8H2,(H2,14,17). The number of rotatable bonds is 8. The number of amides is 1. The van der Waals surface area contributed by atoms with E-state index >= 15 is 0 Å². The molecule has 0 heterocycles. The molecule has 0 saturated heterocycles. The van der Waals surface area contributed by atoms with Crippen molar-refractivity contribution < 1.29 is 23.8 Å². The predicted octanol–water partition coefficient (Wildman–Crippen LogP) is 0.250. The molecule has 0 aliphatic heterocycles. The number of halogens is 1. The fraction of sp³-hybridized carbons (Fsp3) is 0.417. The molecule has 1 atom stereocenters. The lowest BCUT2D eigenvalue weighted by Crippen LogP contribution is -2.34. The van der Waals surface area contributed by atoms with E-state index in [1.807, 2.05) is 0 Å². The Hall–Kier alpha value is -1.86. The van der Waals surface area contributed by atoms with Crippen LogP contribution < -0.4 is 15.8 Å². The normalized spacial score (nSPS) is 11.9. The molecule has 19 heavy (non-hydrogen) atoms. The summed E-state index contributed by atoms with van der Waals surface area (Å²) in [7, 11) is 0. The van der Waals surface area contributed by atoms with E-state index < -0.39 is 18.0 Å². The molecule has 6 nitrogen and oxygen atoms in total. The van der Waals surface area contributed by atoms with E-state index in [2.05, 4.69) is 10.1 Å². The second-order valence-corrected chi connectivity index (χ2v) is 3.77. The topological polar surface area (TPSA) is 93.8 Å². The predicted molar refractivity (Wildman–Crippen MR) is 66.3 cm³/mol. The van der Waals surface area contributed by atoms with Crippen molar-refractivity contribution in [1.29, 1.82) is 0 Å². The van der Waals surface area contributed by atoms with E-state index in [4.69, 9.17) is 10.5 Å². The molecule has 1 aromatic rings. The molecule has 106 valence electrons. The van der Waals surface area contributed by atoms with Crippen LogP contribution >= 0.6 is 0 Å². The van der Waals surface area contributed by atoms with Crippen LogP contribution in [0.5, 0.6) is 5.75 Å². The molecule has 0 aromatic heterocycles. The van der Waals surface area contributed by atoms with Gasteiger partial charge in [0.2, 0.25) is 0 Å². The first-order valence-corrected chi connectivity index (χ1v) is 5.78. The Morgan fingerprint density at radius 3 is 2.89 bits per heavy atom. The highest BCUT2D eigenvalue weighted by atomic mass is 19.1. The molecular formula is C12H17FN2O4. The Labute approximate surface area is 110 Å². The van der Waals surface area contributed by atoms with Crippen LogP contribution in [0.2, 0.25) is 0 Å². The van der Waals surface area contributed by atoms with Crippen molar-refractivity contribution in [2.75, 3.05) is 26.3 Å². The number of nitrogens with one attached hydrogen (secondary N) is 1. The highest BCUT2D eigenvalue weighted by Gasteiger charge is 2.07. The van der Waals surface area contributed by atoms with Crippen molar-refractivity contribution in [3.8, 4) is 5.75 Å². The van der Waals surface area contributed by atoms with Crippen LogP contribution in [-0.2, 0) is 4.74 Å². The SMILES string of the molecule is NC(=O)OCCNCC(O)COc1ccccc1F. The molecule has 0 saturated carbocycles. The minimum Gasteiger partial charge on any atom is -0.488 e. The quantitative estimate of drug-likeness (QED) is 0.590. The zero-order valence-electron chi connectivity index (χ0n) is 10.3. The van der Waals surface area contributed by atoms with E-state index in [0.717, 1.165) is 0 Å². The zero-order chi connectivity index (χ0) is 14.1. The van der Waals surface area contributed by atoms with Gasteiger partial charge in [0, 0.05) is 13.1 Å². The van der Waals surface area contributed by atoms with Gasteiger partial charge in [-0.3, -0.25) is 0 Å². The fourth-order valence-electron chi connectivity index (χ4n) is 1.30. The van der Waals surface area contributed by atoms with Gasteiger partial charge in [0.1, 0.15) is 19.3 Å². The van der Waals surface area contributed by atoms with Gasteiger partial charge in [0.05, 0.1) is 0 Å². The number of hydrogen-bond donors (Lipinski definition) is 3.